The number of carbonyl (C=O) groups excluding carboxylic acids is 1. The summed E-state index contributed by atoms with van der Waals surface area (Å²) in [4.78, 5) is 12.7. The van der Waals surface area contributed by atoms with Crippen molar-refractivity contribution in [1.82, 2.24) is 10.6 Å². The van der Waals surface area contributed by atoms with Gasteiger partial charge in [0, 0.05) is 17.1 Å². The molecule has 126 valence electrons. The first kappa shape index (κ1) is 17.5. The Morgan fingerprint density at radius 3 is 2.00 bits per heavy atom. The third-order valence-corrected chi connectivity index (χ3v) is 5.24. The molecule has 0 unspecified atom stereocenters. The minimum atomic E-state index is 0.0675. The van der Waals surface area contributed by atoms with Crippen molar-refractivity contribution in [2.45, 2.75) is 85.4 Å². The molecule has 3 nitrogen and oxygen atoms in total. The lowest BCUT2D eigenvalue weighted by Gasteiger charge is -2.46. The van der Waals surface area contributed by atoms with E-state index in [1.54, 1.807) is 0 Å². The van der Waals surface area contributed by atoms with Gasteiger partial charge < -0.3 is 10.6 Å². The topological polar surface area (TPSA) is 41.1 Å². The summed E-state index contributed by atoms with van der Waals surface area (Å²) in [6.45, 7) is 17.5. The zero-order valence-electron chi connectivity index (χ0n) is 15.6. The molecular formula is C19H34N2O. The zero-order chi connectivity index (χ0) is 16.9. The van der Waals surface area contributed by atoms with E-state index in [4.69, 9.17) is 0 Å². The van der Waals surface area contributed by atoms with E-state index in [0.29, 0.717) is 5.92 Å². The van der Waals surface area contributed by atoms with Gasteiger partial charge in [0.05, 0.1) is 5.92 Å². The highest BCUT2D eigenvalue weighted by atomic mass is 16.2. The molecule has 0 spiro atoms. The van der Waals surface area contributed by atoms with Gasteiger partial charge in [0.25, 0.3) is 0 Å². The standard InChI is InChI=1S/C19H34N2O/c1-12(2)9-14-15(19(14,7)8)16(22)20-13-10-17(3,4)21-18(5,6)11-13/h9,13-15,21H,10-11H2,1-8H3,(H,20,22)/t14-,15-/m0/s1. The van der Waals surface area contributed by atoms with Crippen LogP contribution in [0.25, 0.3) is 0 Å². The van der Waals surface area contributed by atoms with Gasteiger partial charge in [0.2, 0.25) is 5.91 Å². The first-order valence-electron chi connectivity index (χ1n) is 8.59. The van der Waals surface area contributed by atoms with Crippen LogP contribution in [0.15, 0.2) is 11.6 Å². The molecule has 1 aliphatic heterocycles. The highest BCUT2D eigenvalue weighted by molar-refractivity contribution is 5.84. The Labute approximate surface area is 136 Å². The smallest absolute Gasteiger partial charge is 0.224 e. The summed E-state index contributed by atoms with van der Waals surface area (Å²) in [5, 5.41) is 7.01. The maximum absolute atomic E-state index is 12.7. The molecule has 1 saturated carbocycles. The minimum absolute atomic E-state index is 0.0675. The van der Waals surface area contributed by atoms with E-state index >= 15 is 0 Å². The van der Waals surface area contributed by atoms with Gasteiger partial charge in [0.1, 0.15) is 0 Å². The summed E-state index contributed by atoms with van der Waals surface area (Å²) >= 11 is 0. The van der Waals surface area contributed by atoms with Crippen molar-refractivity contribution in [2.75, 3.05) is 0 Å². The summed E-state index contributed by atoms with van der Waals surface area (Å²) in [5.74, 6) is 0.759. The van der Waals surface area contributed by atoms with E-state index < -0.39 is 0 Å². The van der Waals surface area contributed by atoms with Gasteiger partial charge >= 0.3 is 0 Å². The summed E-state index contributed by atoms with van der Waals surface area (Å²) in [5.41, 5.74) is 1.53. The Balaban J connectivity index is 2.02. The van der Waals surface area contributed by atoms with Gasteiger partial charge in [-0.25, -0.2) is 0 Å². The predicted octanol–water partition coefficient (Wildman–Crippen LogP) is 3.65. The number of piperidine rings is 1. The van der Waals surface area contributed by atoms with Gasteiger partial charge in [0.15, 0.2) is 0 Å². The summed E-state index contributed by atoms with van der Waals surface area (Å²) in [6.07, 6.45) is 4.24. The van der Waals surface area contributed by atoms with Gasteiger partial charge in [-0.3, -0.25) is 4.79 Å². The Kier molecular flexibility index (Phi) is 4.27. The van der Waals surface area contributed by atoms with Crippen molar-refractivity contribution in [3.05, 3.63) is 11.6 Å². The molecule has 2 N–H and O–H groups in total. The van der Waals surface area contributed by atoms with E-state index in [-0.39, 0.29) is 34.4 Å². The lowest BCUT2D eigenvalue weighted by atomic mass is 9.79. The fourth-order valence-corrected chi connectivity index (χ4v) is 4.56. The number of nitrogens with one attached hydrogen (secondary N) is 2. The van der Waals surface area contributed by atoms with Gasteiger partial charge in [-0.05, 0) is 65.7 Å². The molecule has 2 fully saturated rings. The average molecular weight is 306 g/mol. The van der Waals surface area contributed by atoms with Crippen molar-refractivity contribution in [3.8, 4) is 0 Å². The van der Waals surface area contributed by atoms with E-state index in [1.807, 2.05) is 0 Å². The van der Waals surface area contributed by atoms with Gasteiger partial charge in [-0.15, -0.1) is 0 Å². The predicted molar refractivity (Wildman–Crippen MR) is 92.7 cm³/mol. The van der Waals surface area contributed by atoms with Crippen molar-refractivity contribution in [1.29, 1.82) is 0 Å². The molecule has 2 atom stereocenters. The van der Waals surface area contributed by atoms with Crippen LogP contribution in [0.2, 0.25) is 0 Å². The molecule has 0 bridgehead atoms. The second kappa shape index (κ2) is 5.36. The molecule has 2 aliphatic rings. The number of allylic oxidation sites excluding steroid dienone is 2. The van der Waals surface area contributed by atoms with Crippen LogP contribution >= 0.6 is 0 Å². The van der Waals surface area contributed by atoms with Crippen LogP contribution in [0, 0.1) is 17.3 Å². The molecule has 0 aromatic heterocycles. The quantitative estimate of drug-likeness (QED) is 0.781. The van der Waals surface area contributed by atoms with E-state index in [1.165, 1.54) is 5.57 Å². The van der Waals surface area contributed by atoms with Crippen LogP contribution in [0.1, 0.15) is 68.2 Å². The molecule has 3 heteroatoms. The Morgan fingerprint density at radius 2 is 1.55 bits per heavy atom. The maximum Gasteiger partial charge on any atom is 0.224 e. The monoisotopic (exact) mass is 306 g/mol. The molecule has 1 heterocycles. The second-order valence-electron chi connectivity index (χ2n) is 9.58. The first-order valence-corrected chi connectivity index (χ1v) is 8.59. The molecule has 0 radical (unpaired) electrons. The number of carbonyl (C=O) groups is 1. The molecule has 0 aromatic carbocycles. The fourth-order valence-electron chi connectivity index (χ4n) is 4.56. The Morgan fingerprint density at radius 1 is 1.05 bits per heavy atom. The van der Waals surface area contributed by atoms with Crippen molar-refractivity contribution in [2.24, 2.45) is 17.3 Å². The lowest BCUT2D eigenvalue weighted by molar-refractivity contribution is -0.124. The fraction of sp³-hybridized carbons (Fsp3) is 0.842. The van der Waals surface area contributed by atoms with Gasteiger partial charge in [-0.1, -0.05) is 25.5 Å². The third kappa shape index (κ3) is 3.73. The number of hydrogen-bond acceptors (Lipinski definition) is 2. The number of amides is 1. The Hall–Kier alpha value is -0.830. The van der Waals surface area contributed by atoms with Crippen molar-refractivity contribution < 1.29 is 4.79 Å². The molecular weight excluding hydrogens is 272 g/mol. The normalized spacial score (nSPS) is 32.2. The van der Waals surface area contributed by atoms with Crippen LogP contribution < -0.4 is 10.6 Å². The van der Waals surface area contributed by atoms with Crippen LogP contribution in [0.4, 0.5) is 0 Å². The molecule has 2 rings (SSSR count). The van der Waals surface area contributed by atoms with Gasteiger partial charge in [-0.2, -0.15) is 0 Å². The number of hydrogen-bond donors (Lipinski definition) is 2. The SMILES string of the molecule is CC(C)=C[C@H]1[C@@H](C(=O)NC2CC(C)(C)NC(C)(C)C2)C1(C)C. The summed E-state index contributed by atoms with van der Waals surface area (Å²) in [6, 6.07) is 0.266. The van der Waals surface area contributed by atoms with Crippen molar-refractivity contribution in [3.63, 3.8) is 0 Å². The van der Waals surface area contributed by atoms with Crippen LogP contribution in [-0.2, 0) is 4.79 Å². The molecule has 1 saturated heterocycles. The third-order valence-electron chi connectivity index (χ3n) is 5.24. The largest absolute Gasteiger partial charge is 0.353 e. The summed E-state index contributed by atoms with van der Waals surface area (Å²) in [7, 11) is 0. The van der Waals surface area contributed by atoms with E-state index in [9.17, 15) is 4.79 Å². The van der Waals surface area contributed by atoms with Crippen LogP contribution in [0.5, 0.6) is 0 Å². The van der Waals surface area contributed by atoms with E-state index in [2.05, 4.69) is 72.1 Å². The average Bonchev–Trinajstić information content (AvgIpc) is 2.73. The zero-order valence-corrected chi connectivity index (χ0v) is 15.6. The minimum Gasteiger partial charge on any atom is -0.353 e. The highest BCUT2D eigenvalue weighted by Crippen LogP contribution is 2.59. The summed E-state index contributed by atoms with van der Waals surface area (Å²) < 4.78 is 0. The van der Waals surface area contributed by atoms with Crippen molar-refractivity contribution >= 4 is 5.91 Å². The number of rotatable bonds is 3. The molecule has 1 amide bonds. The van der Waals surface area contributed by atoms with Crippen LogP contribution in [-0.4, -0.2) is 23.0 Å². The lowest BCUT2D eigenvalue weighted by Crippen LogP contribution is -2.62. The molecule has 1 aliphatic carbocycles. The Bertz CT molecular complexity index is 468. The van der Waals surface area contributed by atoms with E-state index in [0.717, 1.165) is 12.8 Å². The van der Waals surface area contributed by atoms with Crippen LogP contribution in [0.3, 0.4) is 0 Å². The molecule has 22 heavy (non-hydrogen) atoms. The highest BCUT2D eigenvalue weighted by Gasteiger charge is 2.60. The molecule has 0 aromatic rings. The first-order chi connectivity index (χ1) is 9.84. The maximum atomic E-state index is 12.7. The second-order valence-corrected chi connectivity index (χ2v) is 9.58.